The van der Waals surface area contributed by atoms with Gasteiger partial charge in [0.2, 0.25) is 0 Å². The number of H-pyrrole nitrogens is 2. The summed E-state index contributed by atoms with van der Waals surface area (Å²) in [6.45, 7) is 0. The van der Waals surface area contributed by atoms with Gasteiger partial charge in [-0.1, -0.05) is 11.6 Å². The average molecular weight is 344 g/mol. The predicted molar refractivity (Wildman–Crippen MR) is 89.2 cm³/mol. The fourth-order valence-electron chi connectivity index (χ4n) is 3.11. The largest absolute Gasteiger partial charge is 0.354 e. The number of aromatic nitrogens is 5. The fourth-order valence-corrected chi connectivity index (χ4v) is 3.34. The molecule has 2 atom stereocenters. The Bertz CT molecular complexity index is 1040. The zero-order valence-corrected chi connectivity index (χ0v) is 13.5. The number of nitrogens with one attached hydrogen (secondary N) is 2. The van der Waals surface area contributed by atoms with Crippen molar-refractivity contribution in [3.8, 4) is 11.3 Å². The fraction of sp³-hybridized carbons (Fsp3) is 0.250. The van der Waals surface area contributed by atoms with E-state index in [0.29, 0.717) is 16.8 Å². The Morgan fingerprint density at radius 3 is 2.83 bits per heavy atom. The maximum absolute atomic E-state index is 11.9. The molecule has 2 N–H and O–H groups in total. The first-order chi connectivity index (χ1) is 11.5. The molecule has 3 aromatic heterocycles. The van der Waals surface area contributed by atoms with Crippen molar-refractivity contribution in [3.05, 3.63) is 67.8 Å². The molecule has 3 aromatic rings. The molecule has 8 heteroatoms. The molecular weight excluding hydrogens is 330 g/mol. The summed E-state index contributed by atoms with van der Waals surface area (Å²) in [4.78, 5) is 27.7. The van der Waals surface area contributed by atoms with Crippen LogP contribution in [0.15, 0.2) is 40.2 Å². The van der Waals surface area contributed by atoms with Crippen LogP contribution in [0.1, 0.15) is 29.5 Å². The minimum absolute atomic E-state index is 0.252. The molecule has 7 nitrogen and oxygen atoms in total. The lowest BCUT2D eigenvalue weighted by Crippen LogP contribution is -2.23. The number of nitrogens with zero attached hydrogens (tertiary/aromatic N) is 3. The van der Waals surface area contributed by atoms with Gasteiger partial charge in [0.05, 0.1) is 5.56 Å². The highest BCUT2D eigenvalue weighted by Gasteiger charge is 2.42. The summed E-state index contributed by atoms with van der Waals surface area (Å²) in [6, 6.07) is 5.90. The smallest absolute Gasteiger partial charge is 0.325 e. The molecule has 0 amide bonds. The van der Waals surface area contributed by atoms with Gasteiger partial charge in [-0.25, -0.2) is 4.79 Å². The summed E-state index contributed by atoms with van der Waals surface area (Å²) >= 11 is 6.23. The second-order valence-electron chi connectivity index (χ2n) is 5.95. The van der Waals surface area contributed by atoms with Crippen molar-refractivity contribution in [2.45, 2.75) is 18.3 Å². The summed E-state index contributed by atoms with van der Waals surface area (Å²) in [6.07, 6.45) is 4.33. The van der Waals surface area contributed by atoms with Crippen molar-refractivity contribution in [3.63, 3.8) is 0 Å². The second-order valence-corrected chi connectivity index (χ2v) is 6.31. The molecular formula is C16H14ClN5O2. The van der Waals surface area contributed by atoms with E-state index in [1.807, 2.05) is 19.3 Å². The highest BCUT2D eigenvalue weighted by atomic mass is 35.5. The molecule has 0 aliphatic heterocycles. The molecule has 1 aliphatic rings. The van der Waals surface area contributed by atoms with Crippen LogP contribution in [0.5, 0.6) is 0 Å². The molecule has 4 rings (SSSR count). The van der Waals surface area contributed by atoms with Crippen LogP contribution in [0.4, 0.5) is 0 Å². The van der Waals surface area contributed by atoms with Crippen LogP contribution in [0.25, 0.3) is 11.3 Å². The van der Waals surface area contributed by atoms with Gasteiger partial charge < -0.3 is 9.55 Å². The highest BCUT2D eigenvalue weighted by molar-refractivity contribution is 6.30. The number of aryl methyl sites for hydroxylation is 1. The summed E-state index contributed by atoms with van der Waals surface area (Å²) < 4.78 is 2.10. The third kappa shape index (κ3) is 2.46. The van der Waals surface area contributed by atoms with Crippen LogP contribution in [0.2, 0.25) is 5.15 Å². The molecule has 0 bridgehead atoms. The zero-order valence-electron chi connectivity index (χ0n) is 12.8. The van der Waals surface area contributed by atoms with Crippen molar-refractivity contribution in [1.29, 1.82) is 0 Å². The van der Waals surface area contributed by atoms with E-state index in [1.54, 1.807) is 6.07 Å². The Kier molecular flexibility index (Phi) is 3.38. The number of aromatic amines is 2. The van der Waals surface area contributed by atoms with Gasteiger partial charge in [0.15, 0.2) is 5.15 Å². The molecule has 0 aromatic carbocycles. The minimum Gasteiger partial charge on any atom is -0.354 e. The van der Waals surface area contributed by atoms with E-state index in [2.05, 4.69) is 30.8 Å². The molecule has 3 heterocycles. The lowest BCUT2D eigenvalue weighted by atomic mass is 10.1. The SMILES string of the molecule is Cn1cccc1C1C[C@@H]1c1cc(-c2c[nH]c(=O)[nH]c2=O)nnc1Cl. The standard InChI is InChI=1S/C16H14ClN5O2/c1-22-4-2-3-13(22)9-5-8(9)10-6-12(20-21-14(10)17)11-7-18-16(24)19-15(11)23/h2-4,6-9H,5H2,1H3,(H2,18,19,23,24)/t8-,9?/m0/s1. The molecule has 1 saturated carbocycles. The van der Waals surface area contributed by atoms with Gasteiger partial charge in [-0.3, -0.25) is 9.78 Å². The van der Waals surface area contributed by atoms with Crippen LogP contribution in [0.3, 0.4) is 0 Å². The minimum atomic E-state index is -0.558. The van der Waals surface area contributed by atoms with Crippen molar-refractivity contribution >= 4 is 11.6 Å². The molecule has 0 spiro atoms. The number of halogens is 1. The summed E-state index contributed by atoms with van der Waals surface area (Å²) in [5.41, 5.74) is 1.71. The van der Waals surface area contributed by atoms with E-state index in [9.17, 15) is 9.59 Å². The quantitative estimate of drug-likeness (QED) is 0.757. The first-order valence-corrected chi connectivity index (χ1v) is 7.89. The van der Waals surface area contributed by atoms with Gasteiger partial charge in [-0.15, -0.1) is 10.2 Å². The molecule has 1 fully saturated rings. The van der Waals surface area contributed by atoms with Crippen LogP contribution >= 0.6 is 11.6 Å². The van der Waals surface area contributed by atoms with Crippen LogP contribution < -0.4 is 11.2 Å². The first-order valence-electron chi connectivity index (χ1n) is 7.51. The molecule has 122 valence electrons. The van der Waals surface area contributed by atoms with Gasteiger partial charge in [0.1, 0.15) is 5.69 Å². The third-order valence-electron chi connectivity index (χ3n) is 4.42. The third-order valence-corrected chi connectivity index (χ3v) is 4.72. The number of hydrogen-bond acceptors (Lipinski definition) is 4. The van der Waals surface area contributed by atoms with E-state index < -0.39 is 11.2 Å². The Morgan fingerprint density at radius 1 is 1.29 bits per heavy atom. The summed E-state index contributed by atoms with van der Waals surface area (Å²) in [5.74, 6) is 0.635. The molecule has 1 unspecified atom stereocenters. The molecule has 0 radical (unpaired) electrons. The number of rotatable bonds is 3. The Morgan fingerprint density at radius 2 is 2.12 bits per heavy atom. The Hall–Kier alpha value is -2.67. The van der Waals surface area contributed by atoms with E-state index in [1.165, 1.54) is 11.9 Å². The maximum atomic E-state index is 11.9. The zero-order chi connectivity index (χ0) is 16.8. The van der Waals surface area contributed by atoms with Crippen LogP contribution in [0, 0.1) is 0 Å². The normalized spacial score (nSPS) is 19.4. The molecule has 1 aliphatic carbocycles. The van der Waals surface area contributed by atoms with Crippen molar-refractivity contribution in [2.24, 2.45) is 7.05 Å². The van der Waals surface area contributed by atoms with Gasteiger partial charge in [-0.2, -0.15) is 0 Å². The van der Waals surface area contributed by atoms with E-state index >= 15 is 0 Å². The van der Waals surface area contributed by atoms with Crippen LogP contribution in [-0.4, -0.2) is 24.7 Å². The predicted octanol–water partition coefficient (Wildman–Crippen LogP) is 1.78. The Labute approximate surface area is 141 Å². The topological polar surface area (TPSA) is 96.4 Å². The molecule has 24 heavy (non-hydrogen) atoms. The Balaban J connectivity index is 1.72. The number of hydrogen-bond donors (Lipinski definition) is 2. The van der Waals surface area contributed by atoms with E-state index in [0.717, 1.165) is 12.0 Å². The van der Waals surface area contributed by atoms with Crippen molar-refractivity contribution in [1.82, 2.24) is 24.7 Å². The van der Waals surface area contributed by atoms with Crippen molar-refractivity contribution < 1.29 is 0 Å². The summed E-state index contributed by atoms with van der Waals surface area (Å²) in [7, 11) is 2.02. The lowest BCUT2D eigenvalue weighted by molar-refractivity contribution is 0.815. The summed E-state index contributed by atoms with van der Waals surface area (Å²) in [5, 5.41) is 8.32. The highest BCUT2D eigenvalue weighted by Crippen LogP contribution is 2.55. The van der Waals surface area contributed by atoms with Gasteiger partial charge in [0.25, 0.3) is 5.56 Å². The monoisotopic (exact) mass is 343 g/mol. The van der Waals surface area contributed by atoms with Crippen LogP contribution in [-0.2, 0) is 7.05 Å². The lowest BCUT2D eigenvalue weighted by Gasteiger charge is -2.06. The van der Waals surface area contributed by atoms with E-state index in [-0.39, 0.29) is 11.5 Å². The van der Waals surface area contributed by atoms with Gasteiger partial charge in [0, 0.05) is 31.1 Å². The average Bonchev–Trinajstić information content (AvgIpc) is 3.21. The second kappa shape index (κ2) is 5.45. The molecule has 0 saturated heterocycles. The first kappa shape index (κ1) is 14.9. The van der Waals surface area contributed by atoms with Gasteiger partial charge >= 0.3 is 5.69 Å². The maximum Gasteiger partial charge on any atom is 0.325 e. The van der Waals surface area contributed by atoms with Gasteiger partial charge in [-0.05, 0) is 36.1 Å². The van der Waals surface area contributed by atoms with E-state index in [4.69, 9.17) is 11.6 Å². The van der Waals surface area contributed by atoms with Crippen molar-refractivity contribution in [2.75, 3.05) is 0 Å².